The van der Waals surface area contributed by atoms with Crippen molar-refractivity contribution in [3.63, 3.8) is 0 Å². The number of aromatic nitrogens is 1. The molecule has 0 fully saturated rings. The minimum Gasteiger partial charge on any atom is -0.493 e. The Morgan fingerprint density at radius 3 is 2.49 bits per heavy atom. The lowest BCUT2D eigenvalue weighted by molar-refractivity contribution is 0.0500. The highest BCUT2D eigenvalue weighted by atomic mass is 16.5. The van der Waals surface area contributed by atoms with Crippen LogP contribution in [-0.4, -0.2) is 38.9 Å². The lowest BCUT2D eigenvalue weighted by atomic mass is 10.0. The quantitative estimate of drug-likeness (QED) is 0.296. The number of nitriles is 1. The van der Waals surface area contributed by atoms with Gasteiger partial charge in [-0.1, -0.05) is 18.2 Å². The fourth-order valence-corrected chi connectivity index (χ4v) is 4.44. The van der Waals surface area contributed by atoms with E-state index in [1.54, 1.807) is 21.3 Å². The molecule has 0 aliphatic heterocycles. The number of hydrogen-bond donors (Lipinski definition) is 0. The van der Waals surface area contributed by atoms with Crippen LogP contribution in [-0.2, 0) is 11.2 Å². The summed E-state index contributed by atoms with van der Waals surface area (Å²) in [6.45, 7) is 0.292. The zero-order valence-corrected chi connectivity index (χ0v) is 20.2. The molecule has 180 valence electrons. The van der Waals surface area contributed by atoms with Crippen LogP contribution in [0.5, 0.6) is 17.2 Å². The van der Waals surface area contributed by atoms with Gasteiger partial charge in [0, 0.05) is 11.8 Å². The molecule has 0 amide bonds. The van der Waals surface area contributed by atoms with Crippen LogP contribution in [0.15, 0.2) is 36.4 Å². The third-order valence-electron chi connectivity index (χ3n) is 6.09. The zero-order valence-electron chi connectivity index (χ0n) is 20.2. The van der Waals surface area contributed by atoms with E-state index in [0.29, 0.717) is 55.1 Å². The summed E-state index contributed by atoms with van der Waals surface area (Å²) >= 11 is 0. The van der Waals surface area contributed by atoms with Crippen molar-refractivity contribution in [1.82, 2.24) is 4.98 Å². The maximum atomic E-state index is 13.2. The fourth-order valence-electron chi connectivity index (χ4n) is 4.44. The van der Waals surface area contributed by atoms with Gasteiger partial charge in [0.1, 0.15) is 0 Å². The largest absolute Gasteiger partial charge is 0.493 e. The van der Waals surface area contributed by atoms with E-state index in [-0.39, 0.29) is 5.97 Å². The van der Waals surface area contributed by atoms with Gasteiger partial charge in [0.05, 0.1) is 50.8 Å². The van der Waals surface area contributed by atoms with Gasteiger partial charge in [-0.05, 0) is 66.7 Å². The summed E-state index contributed by atoms with van der Waals surface area (Å²) in [5.74, 6) is 1.34. The number of carbonyl (C=O) groups is 1. The number of rotatable bonds is 9. The summed E-state index contributed by atoms with van der Waals surface area (Å²) in [4.78, 5) is 18.1. The number of para-hydroxylation sites is 1. The van der Waals surface area contributed by atoms with Gasteiger partial charge in [-0.15, -0.1) is 0 Å². The van der Waals surface area contributed by atoms with Crippen LogP contribution in [0.4, 0.5) is 0 Å². The average molecular weight is 473 g/mol. The number of hydrogen-bond acceptors (Lipinski definition) is 7. The van der Waals surface area contributed by atoms with Gasteiger partial charge in [0.2, 0.25) is 5.75 Å². The van der Waals surface area contributed by atoms with Gasteiger partial charge in [-0.3, -0.25) is 0 Å². The number of carbonyl (C=O) groups excluding carboxylic acids is 1. The molecule has 0 spiro atoms. The van der Waals surface area contributed by atoms with Crippen molar-refractivity contribution in [2.45, 2.75) is 32.1 Å². The van der Waals surface area contributed by atoms with Gasteiger partial charge in [0.25, 0.3) is 0 Å². The molecule has 1 heterocycles. The zero-order chi connectivity index (χ0) is 24.8. The van der Waals surface area contributed by atoms with Crippen molar-refractivity contribution in [2.24, 2.45) is 0 Å². The predicted molar refractivity (Wildman–Crippen MR) is 134 cm³/mol. The fraction of sp³-hybridized carbons (Fsp3) is 0.321. The third-order valence-corrected chi connectivity index (χ3v) is 6.09. The molecule has 1 aliphatic rings. The second kappa shape index (κ2) is 10.9. The summed E-state index contributed by atoms with van der Waals surface area (Å²) in [5.41, 5.74) is 4.97. The molecule has 1 aromatic heterocycles. The Hall–Kier alpha value is -4.05. The molecule has 0 unspecified atom stereocenters. The first kappa shape index (κ1) is 24.1. The first-order valence-electron chi connectivity index (χ1n) is 11.6. The minimum atomic E-state index is -0.342. The highest BCUT2D eigenvalue weighted by molar-refractivity contribution is 6.07. The molecule has 0 N–H and O–H groups in total. The van der Waals surface area contributed by atoms with Crippen LogP contribution in [0.25, 0.3) is 22.6 Å². The lowest BCUT2D eigenvalue weighted by Crippen LogP contribution is -2.11. The molecule has 4 rings (SSSR count). The number of pyridine rings is 1. The maximum absolute atomic E-state index is 13.2. The second-order valence-corrected chi connectivity index (χ2v) is 8.21. The molecule has 7 heteroatoms. The number of fused-ring (bicyclic) bond motifs is 2. The van der Waals surface area contributed by atoms with E-state index in [4.69, 9.17) is 29.2 Å². The topological polar surface area (TPSA) is 90.7 Å². The summed E-state index contributed by atoms with van der Waals surface area (Å²) in [6.07, 6.45) is 5.33. The molecule has 0 radical (unpaired) electrons. The average Bonchev–Trinajstić information content (AvgIpc) is 3.27. The van der Waals surface area contributed by atoms with Crippen molar-refractivity contribution >= 4 is 28.5 Å². The molecule has 3 aromatic rings. The molecular formula is C28H28N2O5. The normalized spacial score (nSPS) is 13.4. The summed E-state index contributed by atoms with van der Waals surface area (Å²) in [6, 6.07) is 13.5. The minimum absolute atomic E-state index is 0.292. The van der Waals surface area contributed by atoms with E-state index in [9.17, 15) is 4.79 Å². The van der Waals surface area contributed by atoms with Crippen LogP contribution < -0.4 is 14.2 Å². The van der Waals surface area contributed by atoms with Gasteiger partial charge in [-0.25, -0.2) is 9.78 Å². The highest BCUT2D eigenvalue weighted by Gasteiger charge is 2.27. The molecule has 0 saturated heterocycles. The number of unbranched alkanes of at least 4 members (excludes halogenated alkanes) is 2. The van der Waals surface area contributed by atoms with E-state index in [2.05, 4.69) is 12.1 Å². The Kier molecular flexibility index (Phi) is 7.51. The van der Waals surface area contributed by atoms with Crippen molar-refractivity contribution < 1.29 is 23.7 Å². The van der Waals surface area contributed by atoms with Gasteiger partial charge in [-0.2, -0.15) is 5.26 Å². The van der Waals surface area contributed by atoms with Gasteiger partial charge < -0.3 is 18.9 Å². The van der Waals surface area contributed by atoms with E-state index < -0.39 is 0 Å². The number of methoxy groups -OCH3 is 3. The summed E-state index contributed by atoms with van der Waals surface area (Å²) < 4.78 is 22.0. The molecule has 2 aromatic carbocycles. The van der Waals surface area contributed by atoms with E-state index in [1.165, 1.54) is 0 Å². The molecule has 0 atom stereocenters. The Balaban J connectivity index is 1.74. The number of nitrogens with zero attached hydrogens (tertiary/aromatic N) is 2. The molecule has 0 bridgehead atoms. The van der Waals surface area contributed by atoms with Crippen LogP contribution in [0.1, 0.15) is 52.9 Å². The SMILES string of the molecule is COc1cc(C=C2CCc3c2nc2ccccc2c3C(=O)OCCCCC#N)cc(OC)c1OC. The molecule has 7 nitrogen and oxygen atoms in total. The van der Waals surface area contributed by atoms with Crippen molar-refractivity contribution in [1.29, 1.82) is 5.26 Å². The van der Waals surface area contributed by atoms with Crippen LogP contribution >= 0.6 is 0 Å². The van der Waals surface area contributed by atoms with Crippen molar-refractivity contribution in [3.8, 4) is 23.3 Å². The molecule has 35 heavy (non-hydrogen) atoms. The third kappa shape index (κ3) is 4.92. The first-order chi connectivity index (χ1) is 17.1. The Morgan fingerprint density at radius 2 is 1.80 bits per heavy atom. The van der Waals surface area contributed by atoms with Crippen molar-refractivity contribution in [2.75, 3.05) is 27.9 Å². The highest BCUT2D eigenvalue weighted by Crippen LogP contribution is 2.41. The first-order valence-corrected chi connectivity index (χ1v) is 11.6. The Morgan fingerprint density at radius 1 is 1.06 bits per heavy atom. The van der Waals surface area contributed by atoms with E-state index in [0.717, 1.165) is 39.7 Å². The second-order valence-electron chi connectivity index (χ2n) is 8.21. The van der Waals surface area contributed by atoms with Crippen LogP contribution in [0.3, 0.4) is 0 Å². The molecular weight excluding hydrogens is 444 g/mol. The monoisotopic (exact) mass is 472 g/mol. The standard InChI is InChI=1S/C28H28N2O5/c1-32-23-16-18(17-24(33-2)27(23)34-3)15-19-11-12-21-25(28(31)35-14-8-4-7-13-29)20-9-5-6-10-22(20)30-26(19)21/h5-6,9-10,15-17H,4,7-8,11-12,14H2,1-3H3. The lowest BCUT2D eigenvalue weighted by Gasteiger charge is -2.14. The van der Waals surface area contributed by atoms with Crippen LogP contribution in [0.2, 0.25) is 0 Å². The van der Waals surface area contributed by atoms with Crippen molar-refractivity contribution in [3.05, 3.63) is 58.8 Å². The van der Waals surface area contributed by atoms with Gasteiger partial charge >= 0.3 is 5.97 Å². The number of ether oxygens (including phenoxy) is 4. The Labute approximate surface area is 204 Å². The summed E-state index contributed by atoms with van der Waals surface area (Å²) in [7, 11) is 4.75. The molecule has 1 aliphatic carbocycles. The summed E-state index contributed by atoms with van der Waals surface area (Å²) in [5, 5.41) is 9.50. The number of esters is 1. The van der Waals surface area contributed by atoms with Crippen LogP contribution in [0, 0.1) is 11.3 Å². The van der Waals surface area contributed by atoms with E-state index >= 15 is 0 Å². The number of allylic oxidation sites excluding steroid dienone is 1. The van der Waals surface area contributed by atoms with E-state index in [1.807, 2.05) is 36.4 Å². The number of benzene rings is 2. The smallest absolute Gasteiger partial charge is 0.339 e. The van der Waals surface area contributed by atoms with Gasteiger partial charge in [0.15, 0.2) is 11.5 Å². The molecule has 0 saturated carbocycles. The maximum Gasteiger partial charge on any atom is 0.339 e. The Bertz CT molecular complexity index is 1300. The predicted octanol–water partition coefficient (Wildman–Crippen LogP) is 5.60.